The predicted molar refractivity (Wildman–Crippen MR) is 89.1 cm³/mol. The summed E-state index contributed by atoms with van der Waals surface area (Å²) in [4.78, 5) is 34.8. The Morgan fingerprint density at radius 2 is 1.76 bits per heavy atom. The first-order chi connectivity index (χ1) is 11.9. The number of benzene rings is 1. The van der Waals surface area contributed by atoms with E-state index in [2.05, 4.69) is 15.4 Å². The minimum Gasteiger partial charge on any atom is -0.493 e. The highest BCUT2D eigenvalue weighted by Crippen LogP contribution is 2.31. The largest absolute Gasteiger partial charge is 0.493 e. The first kappa shape index (κ1) is 20.2. The number of hydrogen-bond acceptors (Lipinski definition) is 7. The Hall–Kier alpha value is -2.81. The number of nitrogens with two attached hydrogens (primary N) is 1. The second-order valence-corrected chi connectivity index (χ2v) is 5.00. The fraction of sp³-hybridized carbons (Fsp3) is 0.438. The predicted octanol–water partition coefficient (Wildman–Crippen LogP) is -0.501. The summed E-state index contributed by atoms with van der Waals surface area (Å²) in [5.41, 5.74) is 5.79. The molecule has 0 aliphatic rings. The Labute approximate surface area is 145 Å². The van der Waals surface area contributed by atoms with Gasteiger partial charge in [-0.15, -0.1) is 0 Å². The van der Waals surface area contributed by atoms with Crippen molar-refractivity contribution in [2.45, 2.75) is 12.5 Å². The Kier molecular flexibility index (Phi) is 8.21. The Morgan fingerprint density at radius 3 is 2.32 bits per heavy atom. The zero-order valence-electron chi connectivity index (χ0n) is 14.5. The molecule has 0 aliphatic heterocycles. The van der Waals surface area contributed by atoms with Gasteiger partial charge in [0, 0.05) is 0 Å². The molecule has 25 heavy (non-hydrogen) atoms. The van der Waals surface area contributed by atoms with Crippen LogP contribution in [0.3, 0.4) is 0 Å². The normalized spacial score (nSPS) is 11.2. The summed E-state index contributed by atoms with van der Waals surface area (Å²) in [6.07, 6.45) is -0.0808. The third-order valence-electron chi connectivity index (χ3n) is 3.38. The Balaban J connectivity index is 2.94. The van der Waals surface area contributed by atoms with E-state index >= 15 is 0 Å². The monoisotopic (exact) mass is 353 g/mol. The standard InChI is InChI=1S/C16H23N3O6/c1-23-12-5-4-10(6-13(12)24-2)11(7-16(22)25-3)19-15(21)9-18-14(20)8-17/h4-6,11H,7-9,17H2,1-3H3,(H,18,20)(H,19,21). The topological polar surface area (TPSA) is 129 Å². The summed E-state index contributed by atoms with van der Waals surface area (Å²) >= 11 is 0. The third kappa shape index (κ3) is 6.30. The molecule has 0 saturated carbocycles. The molecule has 0 aromatic heterocycles. The third-order valence-corrected chi connectivity index (χ3v) is 3.38. The highest BCUT2D eigenvalue weighted by atomic mass is 16.5. The number of rotatable bonds is 9. The molecule has 0 aliphatic carbocycles. The highest BCUT2D eigenvalue weighted by molar-refractivity contribution is 5.86. The van der Waals surface area contributed by atoms with Gasteiger partial charge in [-0.2, -0.15) is 0 Å². The van der Waals surface area contributed by atoms with Crippen LogP contribution < -0.4 is 25.8 Å². The van der Waals surface area contributed by atoms with Gasteiger partial charge in [0.1, 0.15) is 0 Å². The number of amides is 2. The van der Waals surface area contributed by atoms with Crippen LogP contribution in [0.25, 0.3) is 0 Å². The summed E-state index contributed by atoms with van der Waals surface area (Å²) in [6.45, 7) is -0.463. The lowest BCUT2D eigenvalue weighted by molar-refractivity contribution is -0.141. The van der Waals surface area contributed by atoms with Crippen molar-refractivity contribution in [1.82, 2.24) is 10.6 Å². The average molecular weight is 353 g/mol. The Morgan fingerprint density at radius 1 is 1.08 bits per heavy atom. The molecular weight excluding hydrogens is 330 g/mol. The molecule has 1 atom stereocenters. The molecular formula is C16H23N3O6. The van der Waals surface area contributed by atoms with E-state index in [9.17, 15) is 14.4 Å². The van der Waals surface area contributed by atoms with E-state index < -0.39 is 23.8 Å². The molecule has 0 heterocycles. The molecule has 1 aromatic rings. The number of ether oxygens (including phenoxy) is 3. The first-order valence-electron chi connectivity index (χ1n) is 7.50. The Bertz CT molecular complexity index is 620. The maximum absolute atomic E-state index is 12.0. The molecule has 4 N–H and O–H groups in total. The first-order valence-corrected chi connectivity index (χ1v) is 7.50. The van der Waals surface area contributed by atoms with Crippen LogP contribution in [0.4, 0.5) is 0 Å². The molecule has 1 unspecified atom stereocenters. The second-order valence-electron chi connectivity index (χ2n) is 5.00. The number of hydrogen-bond donors (Lipinski definition) is 3. The second kappa shape index (κ2) is 10.1. The molecule has 0 bridgehead atoms. The molecule has 138 valence electrons. The lowest BCUT2D eigenvalue weighted by Gasteiger charge is -2.20. The van der Waals surface area contributed by atoms with Crippen molar-refractivity contribution >= 4 is 17.8 Å². The van der Waals surface area contributed by atoms with Crippen molar-refractivity contribution < 1.29 is 28.6 Å². The van der Waals surface area contributed by atoms with E-state index in [1.165, 1.54) is 21.3 Å². The summed E-state index contributed by atoms with van der Waals surface area (Å²) in [6, 6.07) is 4.37. The SMILES string of the molecule is COC(=O)CC(NC(=O)CNC(=O)CN)c1ccc(OC)c(OC)c1. The maximum atomic E-state index is 12.0. The quantitative estimate of drug-likeness (QED) is 0.510. The van der Waals surface area contributed by atoms with Crippen LogP contribution in [0, 0.1) is 0 Å². The van der Waals surface area contributed by atoms with Crippen LogP contribution in [0.2, 0.25) is 0 Å². The summed E-state index contributed by atoms with van der Waals surface area (Å²) in [5.74, 6) is -0.437. The number of carbonyl (C=O) groups is 3. The van der Waals surface area contributed by atoms with E-state index in [1.54, 1.807) is 18.2 Å². The highest BCUT2D eigenvalue weighted by Gasteiger charge is 2.20. The van der Waals surface area contributed by atoms with E-state index in [0.29, 0.717) is 17.1 Å². The minimum atomic E-state index is -0.658. The molecule has 0 fully saturated rings. The fourth-order valence-electron chi connectivity index (χ4n) is 2.07. The van der Waals surface area contributed by atoms with Gasteiger partial charge in [0.15, 0.2) is 11.5 Å². The fourth-order valence-corrected chi connectivity index (χ4v) is 2.07. The minimum absolute atomic E-state index is 0.0808. The number of nitrogens with one attached hydrogen (secondary N) is 2. The molecule has 0 spiro atoms. The maximum Gasteiger partial charge on any atom is 0.307 e. The molecule has 9 nitrogen and oxygen atoms in total. The van der Waals surface area contributed by atoms with Gasteiger partial charge < -0.3 is 30.6 Å². The van der Waals surface area contributed by atoms with Crippen LogP contribution in [0.15, 0.2) is 18.2 Å². The van der Waals surface area contributed by atoms with Crippen LogP contribution >= 0.6 is 0 Å². The number of methoxy groups -OCH3 is 3. The van der Waals surface area contributed by atoms with Crippen LogP contribution in [-0.2, 0) is 19.1 Å². The average Bonchev–Trinajstić information content (AvgIpc) is 2.64. The lowest BCUT2D eigenvalue weighted by Crippen LogP contribution is -2.41. The van der Waals surface area contributed by atoms with Gasteiger partial charge in [0.25, 0.3) is 0 Å². The van der Waals surface area contributed by atoms with E-state index in [4.69, 9.17) is 15.2 Å². The van der Waals surface area contributed by atoms with Gasteiger partial charge in [-0.05, 0) is 17.7 Å². The van der Waals surface area contributed by atoms with Crippen molar-refractivity contribution in [3.63, 3.8) is 0 Å². The van der Waals surface area contributed by atoms with Crippen LogP contribution in [-0.4, -0.2) is 52.2 Å². The molecule has 9 heteroatoms. The summed E-state index contributed by atoms with van der Waals surface area (Å²) < 4.78 is 15.1. The van der Waals surface area contributed by atoms with Crippen molar-refractivity contribution in [1.29, 1.82) is 0 Å². The zero-order valence-corrected chi connectivity index (χ0v) is 14.5. The molecule has 0 radical (unpaired) electrons. The molecule has 1 aromatic carbocycles. The van der Waals surface area contributed by atoms with Gasteiger partial charge in [-0.3, -0.25) is 14.4 Å². The van der Waals surface area contributed by atoms with Gasteiger partial charge in [0.05, 0.1) is 46.9 Å². The summed E-state index contributed by atoms with van der Waals surface area (Å²) in [5, 5.41) is 5.04. The van der Waals surface area contributed by atoms with Crippen LogP contribution in [0.5, 0.6) is 11.5 Å². The van der Waals surface area contributed by atoms with Gasteiger partial charge in [-0.1, -0.05) is 6.07 Å². The van der Waals surface area contributed by atoms with Gasteiger partial charge >= 0.3 is 5.97 Å². The molecule has 1 rings (SSSR count). The number of carbonyl (C=O) groups excluding carboxylic acids is 3. The smallest absolute Gasteiger partial charge is 0.307 e. The summed E-state index contributed by atoms with van der Waals surface area (Å²) in [7, 11) is 4.25. The van der Waals surface area contributed by atoms with Crippen molar-refractivity contribution in [2.75, 3.05) is 34.4 Å². The van der Waals surface area contributed by atoms with Gasteiger partial charge in [-0.25, -0.2) is 0 Å². The van der Waals surface area contributed by atoms with Crippen molar-refractivity contribution in [2.24, 2.45) is 5.73 Å². The van der Waals surface area contributed by atoms with Gasteiger partial charge in [0.2, 0.25) is 11.8 Å². The lowest BCUT2D eigenvalue weighted by atomic mass is 10.0. The van der Waals surface area contributed by atoms with Crippen molar-refractivity contribution in [3.8, 4) is 11.5 Å². The molecule has 2 amide bonds. The van der Waals surface area contributed by atoms with E-state index in [1.807, 2.05) is 0 Å². The number of esters is 1. The zero-order chi connectivity index (χ0) is 18.8. The molecule has 0 saturated heterocycles. The van der Waals surface area contributed by atoms with E-state index in [-0.39, 0.29) is 19.5 Å². The van der Waals surface area contributed by atoms with Crippen LogP contribution in [0.1, 0.15) is 18.0 Å². The van der Waals surface area contributed by atoms with E-state index in [0.717, 1.165) is 0 Å². The van der Waals surface area contributed by atoms with Crippen molar-refractivity contribution in [3.05, 3.63) is 23.8 Å².